The molecule has 0 amide bonds. The molecule has 1 aromatic carbocycles. The Morgan fingerprint density at radius 3 is 1.85 bits per heavy atom. The number of nitrogens with two attached hydrogens (primary N) is 1. The van der Waals surface area contributed by atoms with Gasteiger partial charge in [-0.1, -0.05) is 72.3 Å². The van der Waals surface area contributed by atoms with Crippen molar-refractivity contribution >= 4 is 24.2 Å². The SMILES string of the molecule is CCCCCOC(=O)Oc1ccc(C(C(C)COC(=O)CCCCC)[C@H](N)C(=O)O)cc1OC(=O)OCCCCC. The minimum Gasteiger partial charge on any atom is -0.480 e. The van der Waals surface area contributed by atoms with Crippen LogP contribution in [0.4, 0.5) is 9.59 Å². The van der Waals surface area contributed by atoms with Crippen molar-refractivity contribution in [2.24, 2.45) is 11.7 Å². The minimum absolute atomic E-state index is 0.0609. The molecule has 3 atom stereocenters. The molecule has 11 nitrogen and oxygen atoms in total. The van der Waals surface area contributed by atoms with Gasteiger partial charge in [-0.05, 0) is 42.9 Å². The van der Waals surface area contributed by atoms with E-state index in [0.29, 0.717) is 24.8 Å². The number of rotatable bonds is 20. The summed E-state index contributed by atoms with van der Waals surface area (Å²) in [7, 11) is 0. The zero-order chi connectivity index (χ0) is 30.6. The lowest BCUT2D eigenvalue weighted by atomic mass is 9.82. The molecule has 1 rings (SSSR count). The highest BCUT2D eigenvalue weighted by Crippen LogP contribution is 2.36. The van der Waals surface area contributed by atoms with E-state index >= 15 is 0 Å². The molecule has 0 fully saturated rings. The van der Waals surface area contributed by atoms with Crippen molar-refractivity contribution in [2.75, 3.05) is 19.8 Å². The van der Waals surface area contributed by atoms with Crippen LogP contribution in [0, 0.1) is 5.92 Å². The van der Waals surface area contributed by atoms with Gasteiger partial charge in [-0.3, -0.25) is 9.59 Å². The second-order valence-corrected chi connectivity index (χ2v) is 10.0. The third-order valence-corrected chi connectivity index (χ3v) is 6.45. The number of unbranched alkanes of at least 4 members (excludes halogenated alkanes) is 6. The lowest BCUT2D eigenvalue weighted by Gasteiger charge is -2.28. The van der Waals surface area contributed by atoms with Crippen molar-refractivity contribution in [2.45, 2.75) is 104 Å². The lowest BCUT2D eigenvalue weighted by molar-refractivity contribution is -0.145. The summed E-state index contributed by atoms with van der Waals surface area (Å²) in [5.41, 5.74) is 6.45. The summed E-state index contributed by atoms with van der Waals surface area (Å²) >= 11 is 0. The van der Waals surface area contributed by atoms with Gasteiger partial charge in [0.2, 0.25) is 0 Å². The number of benzene rings is 1. The van der Waals surface area contributed by atoms with E-state index < -0.39 is 36.2 Å². The number of carbonyl (C=O) groups is 4. The molecule has 2 unspecified atom stereocenters. The van der Waals surface area contributed by atoms with Crippen LogP contribution in [0.5, 0.6) is 11.5 Å². The summed E-state index contributed by atoms with van der Waals surface area (Å²) in [6.07, 6.45) is 5.85. The minimum atomic E-state index is -1.37. The Morgan fingerprint density at radius 1 is 0.780 bits per heavy atom. The Kier molecular flexibility index (Phi) is 17.9. The van der Waals surface area contributed by atoms with Crippen molar-refractivity contribution in [1.82, 2.24) is 0 Å². The molecular weight excluding hydrogens is 534 g/mol. The first-order chi connectivity index (χ1) is 19.6. The smallest absolute Gasteiger partial charge is 0.480 e. The van der Waals surface area contributed by atoms with E-state index in [-0.39, 0.29) is 43.7 Å². The first kappa shape index (κ1) is 35.7. The van der Waals surface area contributed by atoms with Crippen LogP contribution in [0.15, 0.2) is 18.2 Å². The van der Waals surface area contributed by atoms with Crippen LogP contribution in [0.1, 0.15) is 103 Å². The topological polar surface area (TPSA) is 161 Å². The predicted molar refractivity (Wildman–Crippen MR) is 152 cm³/mol. The highest BCUT2D eigenvalue weighted by molar-refractivity contribution is 5.75. The van der Waals surface area contributed by atoms with Crippen molar-refractivity contribution < 1.29 is 48.0 Å². The Hall–Kier alpha value is -3.34. The summed E-state index contributed by atoms with van der Waals surface area (Å²) in [4.78, 5) is 48.7. The van der Waals surface area contributed by atoms with E-state index in [1.165, 1.54) is 18.2 Å². The zero-order valence-electron chi connectivity index (χ0n) is 24.9. The third-order valence-electron chi connectivity index (χ3n) is 6.45. The van der Waals surface area contributed by atoms with E-state index in [4.69, 9.17) is 29.4 Å². The fraction of sp³-hybridized carbons (Fsp3) is 0.667. The Labute approximate surface area is 243 Å². The Morgan fingerprint density at radius 2 is 1.32 bits per heavy atom. The molecule has 11 heteroatoms. The summed E-state index contributed by atoms with van der Waals surface area (Å²) in [5.74, 6) is -3.26. The molecule has 0 aliphatic carbocycles. The molecule has 0 bridgehead atoms. The van der Waals surface area contributed by atoms with Crippen LogP contribution in [0.3, 0.4) is 0 Å². The van der Waals surface area contributed by atoms with Gasteiger partial charge in [0.15, 0.2) is 11.5 Å². The van der Waals surface area contributed by atoms with Gasteiger partial charge in [-0.2, -0.15) is 0 Å². The number of ether oxygens (including phenoxy) is 5. The van der Waals surface area contributed by atoms with E-state index in [0.717, 1.165) is 38.5 Å². The van der Waals surface area contributed by atoms with E-state index in [1.807, 2.05) is 20.8 Å². The molecule has 0 spiro atoms. The van der Waals surface area contributed by atoms with Crippen LogP contribution in [0.2, 0.25) is 0 Å². The van der Waals surface area contributed by atoms with Crippen LogP contribution in [-0.4, -0.2) is 55.2 Å². The summed E-state index contributed by atoms with van der Waals surface area (Å²) in [6.45, 7) is 8.04. The van der Waals surface area contributed by atoms with Gasteiger partial charge in [0.1, 0.15) is 6.04 Å². The Balaban J connectivity index is 3.19. The molecule has 0 aliphatic rings. The molecule has 1 aromatic rings. The number of hydrogen-bond donors (Lipinski definition) is 2. The number of hydrogen-bond acceptors (Lipinski definition) is 10. The highest BCUT2D eigenvalue weighted by Gasteiger charge is 2.33. The first-order valence-corrected chi connectivity index (χ1v) is 14.6. The largest absolute Gasteiger partial charge is 0.513 e. The van der Waals surface area contributed by atoms with Gasteiger partial charge in [0.25, 0.3) is 0 Å². The molecule has 0 aliphatic heterocycles. The molecule has 0 saturated carbocycles. The summed E-state index contributed by atoms with van der Waals surface area (Å²) < 4.78 is 26.3. The molecule has 232 valence electrons. The van der Waals surface area contributed by atoms with E-state index in [1.54, 1.807) is 6.92 Å². The van der Waals surface area contributed by atoms with Crippen LogP contribution in [-0.2, 0) is 23.8 Å². The number of aliphatic carboxylic acids is 1. The maximum Gasteiger partial charge on any atom is 0.513 e. The van der Waals surface area contributed by atoms with Crippen molar-refractivity contribution in [3.63, 3.8) is 0 Å². The van der Waals surface area contributed by atoms with Gasteiger partial charge in [-0.15, -0.1) is 0 Å². The molecule has 0 heterocycles. The summed E-state index contributed by atoms with van der Waals surface area (Å²) in [5, 5.41) is 9.71. The number of carboxylic acids is 1. The maximum absolute atomic E-state index is 12.4. The molecule has 3 N–H and O–H groups in total. The van der Waals surface area contributed by atoms with Gasteiger partial charge < -0.3 is 34.5 Å². The average Bonchev–Trinajstić information content (AvgIpc) is 2.93. The fourth-order valence-corrected chi connectivity index (χ4v) is 4.11. The lowest BCUT2D eigenvalue weighted by Crippen LogP contribution is -2.40. The van der Waals surface area contributed by atoms with Gasteiger partial charge in [0, 0.05) is 12.3 Å². The first-order valence-electron chi connectivity index (χ1n) is 14.6. The standard InChI is InChI=1S/C30H47NO10/c1-5-8-11-14-25(32)39-20-21(4)26(27(31)28(33)34)22-15-16-23(40-29(35)37-17-12-9-6-2)24(19-22)41-30(36)38-18-13-10-7-3/h15-16,19,21,26-27H,5-14,17-18,20,31H2,1-4H3,(H,33,34)/t21?,26?,27-/m0/s1. The van der Waals surface area contributed by atoms with Crippen molar-refractivity contribution in [3.05, 3.63) is 23.8 Å². The molecule has 0 aromatic heterocycles. The fourth-order valence-electron chi connectivity index (χ4n) is 4.11. The van der Waals surface area contributed by atoms with E-state index in [9.17, 15) is 24.3 Å². The second kappa shape index (κ2) is 20.5. The number of carbonyl (C=O) groups excluding carboxylic acids is 3. The van der Waals surface area contributed by atoms with Gasteiger partial charge in [-0.25, -0.2) is 9.59 Å². The van der Waals surface area contributed by atoms with Gasteiger partial charge in [0.05, 0.1) is 19.8 Å². The summed E-state index contributed by atoms with van der Waals surface area (Å²) in [6, 6.07) is 2.90. The predicted octanol–water partition coefficient (Wildman–Crippen LogP) is 6.35. The number of esters is 1. The van der Waals surface area contributed by atoms with Crippen LogP contribution < -0.4 is 15.2 Å². The van der Waals surface area contributed by atoms with Crippen LogP contribution >= 0.6 is 0 Å². The van der Waals surface area contributed by atoms with Crippen LogP contribution in [0.25, 0.3) is 0 Å². The quantitative estimate of drug-likeness (QED) is 0.0763. The van der Waals surface area contributed by atoms with Gasteiger partial charge >= 0.3 is 24.2 Å². The highest BCUT2D eigenvalue weighted by atomic mass is 16.7. The normalized spacial score (nSPS) is 13.0. The van der Waals surface area contributed by atoms with Crippen molar-refractivity contribution in [3.8, 4) is 11.5 Å². The molecular formula is C30H47NO10. The third kappa shape index (κ3) is 14.2. The van der Waals surface area contributed by atoms with E-state index in [2.05, 4.69) is 0 Å². The zero-order valence-corrected chi connectivity index (χ0v) is 24.9. The van der Waals surface area contributed by atoms with Crippen molar-refractivity contribution in [1.29, 1.82) is 0 Å². The number of carboxylic acid groups (broad SMARTS) is 1. The second-order valence-electron chi connectivity index (χ2n) is 10.0. The molecule has 0 saturated heterocycles. The monoisotopic (exact) mass is 581 g/mol. The maximum atomic E-state index is 12.4. The molecule has 41 heavy (non-hydrogen) atoms. The molecule has 0 radical (unpaired) electrons. The average molecular weight is 582 g/mol. The Bertz CT molecular complexity index is 951.